The van der Waals surface area contributed by atoms with Crippen LogP contribution in [0, 0.1) is 0 Å². The lowest BCUT2D eigenvalue weighted by molar-refractivity contribution is 0.0759. The summed E-state index contributed by atoms with van der Waals surface area (Å²) in [6.45, 7) is 6.38. The predicted molar refractivity (Wildman–Crippen MR) is 72.3 cm³/mol. The first-order chi connectivity index (χ1) is 8.71. The van der Waals surface area contributed by atoms with Crippen LogP contribution in [0.3, 0.4) is 0 Å². The second kappa shape index (κ2) is 7.95. The van der Waals surface area contributed by atoms with Gasteiger partial charge in [0, 0.05) is 31.3 Å². The quantitative estimate of drug-likeness (QED) is 0.771. The van der Waals surface area contributed by atoms with E-state index >= 15 is 0 Å². The molecule has 1 aromatic carbocycles. The Hall–Kier alpha value is -1.26. The maximum Gasteiger partial charge on any atom is 0.127 e. The van der Waals surface area contributed by atoms with Gasteiger partial charge in [0.05, 0.1) is 20.3 Å². The van der Waals surface area contributed by atoms with Gasteiger partial charge >= 0.3 is 0 Å². The summed E-state index contributed by atoms with van der Waals surface area (Å²) in [5, 5.41) is 3.35. The molecule has 0 aliphatic rings. The van der Waals surface area contributed by atoms with Crippen molar-refractivity contribution in [3.63, 3.8) is 0 Å². The zero-order chi connectivity index (χ0) is 13.4. The lowest BCUT2D eigenvalue weighted by Crippen LogP contribution is -2.26. The third-order valence-electron chi connectivity index (χ3n) is 2.69. The van der Waals surface area contributed by atoms with Crippen LogP contribution < -0.4 is 14.8 Å². The van der Waals surface area contributed by atoms with Crippen molar-refractivity contribution in [1.29, 1.82) is 0 Å². The van der Waals surface area contributed by atoms with Gasteiger partial charge in [0.15, 0.2) is 0 Å². The van der Waals surface area contributed by atoms with E-state index < -0.39 is 0 Å². The summed E-state index contributed by atoms with van der Waals surface area (Å²) in [5.74, 6) is 1.64. The maximum absolute atomic E-state index is 5.46. The molecule has 1 unspecified atom stereocenters. The Balaban J connectivity index is 2.51. The average Bonchev–Trinajstić information content (AvgIpc) is 2.39. The molecule has 0 heterocycles. The maximum atomic E-state index is 5.46. The molecule has 102 valence electrons. The van der Waals surface area contributed by atoms with Crippen LogP contribution in [0.25, 0.3) is 0 Å². The Bertz CT molecular complexity index is 355. The van der Waals surface area contributed by atoms with Gasteiger partial charge in [-0.25, -0.2) is 0 Å². The molecular weight excluding hydrogens is 230 g/mol. The van der Waals surface area contributed by atoms with Crippen LogP contribution in [0.1, 0.15) is 19.4 Å². The minimum Gasteiger partial charge on any atom is -0.497 e. The smallest absolute Gasteiger partial charge is 0.127 e. The van der Waals surface area contributed by atoms with Crippen molar-refractivity contribution in [3.8, 4) is 11.5 Å². The number of ether oxygens (including phenoxy) is 3. The van der Waals surface area contributed by atoms with Crippen molar-refractivity contribution in [3.05, 3.63) is 23.8 Å². The fourth-order valence-electron chi connectivity index (χ4n) is 1.75. The van der Waals surface area contributed by atoms with Crippen LogP contribution >= 0.6 is 0 Å². The SMILES string of the molecule is CCOC(C)CNCc1ccc(OC)cc1OC. The van der Waals surface area contributed by atoms with E-state index in [-0.39, 0.29) is 6.10 Å². The molecule has 0 aliphatic heterocycles. The average molecular weight is 253 g/mol. The topological polar surface area (TPSA) is 39.7 Å². The standard InChI is InChI=1S/C14H23NO3/c1-5-18-11(2)9-15-10-12-6-7-13(16-3)8-14(12)17-4/h6-8,11,15H,5,9-10H2,1-4H3. The fourth-order valence-corrected chi connectivity index (χ4v) is 1.75. The molecule has 0 aromatic heterocycles. The number of hydrogen-bond acceptors (Lipinski definition) is 4. The summed E-state index contributed by atoms with van der Waals surface area (Å²) >= 11 is 0. The van der Waals surface area contributed by atoms with Gasteiger partial charge in [-0.05, 0) is 19.9 Å². The number of nitrogens with one attached hydrogen (secondary N) is 1. The van der Waals surface area contributed by atoms with Gasteiger partial charge in [-0.15, -0.1) is 0 Å². The second-order valence-corrected chi connectivity index (χ2v) is 4.07. The van der Waals surface area contributed by atoms with E-state index in [1.54, 1.807) is 14.2 Å². The number of methoxy groups -OCH3 is 2. The number of hydrogen-bond donors (Lipinski definition) is 1. The lowest BCUT2D eigenvalue weighted by Gasteiger charge is -2.14. The normalized spacial score (nSPS) is 12.2. The Morgan fingerprint density at radius 3 is 2.61 bits per heavy atom. The van der Waals surface area contributed by atoms with Gasteiger partial charge in [-0.1, -0.05) is 6.07 Å². The highest BCUT2D eigenvalue weighted by molar-refractivity contribution is 5.40. The van der Waals surface area contributed by atoms with E-state index in [1.807, 2.05) is 25.1 Å². The van der Waals surface area contributed by atoms with E-state index in [1.165, 1.54) is 0 Å². The lowest BCUT2D eigenvalue weighted by atomic mass is 10.2. The summed E-state index contributed by atoms with van der Waals surface area (Å²) in [7, 11) is 3.32. The van der Waals surface area contributed by atoms with E-state index in [0.29, 0.717) is 0 Å². The highest BCUT2D eigenvalue weighted by Gasteiger charge is 2.06. The van der Waals surface area contributed by atoms with Crippen LogP contribution in [-0.2, 0) is 11.3 Å². The summed E-state index contributed by atoms with van der Waals surface area (Å²) in [6, 6.07) is 5.84. The molecule has 0 radical (unpaired) electrons. The highest BCUT2D eigenvalue weighted by atomic mass is 16.5. The Morgan fingerprint density at radius 1 is 1.22 bits per heavy atom. The van der Waals surface area contributed by atoms with Crippen molar-refractivity contribution >= 4 is 0 Å². The van der Waals surface area contributed by atoms with E-state index in [4.69, 9.17) is 14.2 Å². The predicted octanol–water partition coefficient (Wildman–Crippen LogP) is 2.22. The highest BCUT2D eigenvalue weighted by Crippen LogP contribution is 2.24. The molecule has 0 spiro atoms. The second-order valence-electron chi connectivity index (χ2n) is 4.07. The first-order valence-corrected chi connectivity index (χ1v) is 6.24. The molecule has 4 heteroatoms. The zero-order valence-corrected chi connectivity index (χ0v) is 11.7. The molecule has 0 fully saturated rings. The van der Waals surface area contributed by atoms with E-state index in [9.17, 15) is 0 Å². The van der Waals surface area contributed by atoms with Crippen LogP contribution in [0.5, 0.6) is 11.5 Å². The third-order valence-corrected chi connectivity index (χ3v) is 2.69. The molecule has 1 N–H and O–H groups in total. The first-order valence-electron chi connectivity index (χ1n) is 6.24. The molecule has 1 atom stereocenters. The molecule has 0 aliphatic carbocycles. The Morgan fingerprint density at radius 2 is 2.00 bits per heavy atom. The van der Waals surface area contributed by atoms with Gasteiger partial charge < -0.3 is 19.5 Å². The third kappa shape index (κ3) is 4.55. The number of benzene rings is 1. The summed E-state index contributed by atoms with van der Waals surface area (Å²) in [5.41, 5.74) is 1.11. The minimum absolute atomic E-state index is 0.222. The van der Waals surface area contributed by atoms with Crippen LogP contribution in [0.2, 0.25) is 0 Å². The van der Waals surface area contributed by atoms with Gasteiger partial charge in [-0.3, -0.25) is 0 Å². The van der Waals surface area contributed by atoms with Crippen molar-refractivity contribution in [2.75, 3.05) is 27.4 Å². The largest absolute Gasteiger partial charge is 0.497 e. The zero-order valence-electron chi connectivity index (χ0n) is 11.7. The fraction of sp³-hybridized carbons (Fsp3) is 0.571. The van der Waals surface area contributed by atoms with Crippen molar-refractivity contribution in [2.45, 2.75) is 26.5 Å². The molecule has 1 aromatic rings. The summed E-state index contributed by atoms with van der Waals surface area (Å²) in [6.07, 6.45) is 0.222. The van der Waals surface area contributed by atoms with Crippen LogP contribution in [-0.4, -0.2) is 33.5 Å². The van der Waals surface area contributed by atoms with E-state index in [2.05, 4.69) is 12.2 Å². The monoisotopic (exact) mass is 253 g/mol. The van der Waals surface area contributed by atoms with Crippen LogP contribution in [0.4, 0.5) is 0 Å². The Kier molecular flexibility index (Phi) is 6.54. The van der Waals surface area contributed by atoms with Gasteiger partial charge in [0.1, 0.15) is 11.5 Å². The van der Waals surface area contributed by atoms with Crippen LogP contribution in [0.15, 0.2) is 18.2 Å². The molecule has 4 nitrogen and oxygen atoms in total. The summed E-state index contributed by atoms with van der Waals surface area (Å²) < 4.78 is 16.0. The molecule has 18 heavy (non-hydrogen) atoms. The molecule has 0 saturated heterocycles. The van der Waals surface area contributed by atoms with Gasteiger partial charge in [-0.2, -0.15) is 0 Å². The first kappa shape index (κ1) is 14.8. The Labute approximate surface area is 109 Å². The van der Waals surface area contributed by atoms with Crippen molar-refractivity contribution < 1.29 is 14.2 Å². The molecule has 1 rings (SSSR count). The van der Waals surface area contributed by atoms with Gasteiger partial charge in [0.25, 0.3) is 0 Å². The summed E-state index contributed by atoms with van der Waals surface area (Å²) in [4.78, 5) is 0. The van der Waals surface area contributed by atoms with Crippen molar-refractivity contribution in [1.82, 2.24) is 5.32 Å². The molecule has 0 saturated carbocycles. The van der Waals surface area contributed by atoms with Crippen molar-refractivity contribution in [2.24, 2.45) is 0 Å². The number of rotatable bonds is 8. The van der Waals surface area contributed by atoms with E-state index in [0.717, 1.165) is 36.8 Å². The minimum atomic E-state index is 0.222. The molecule has 0 bridgehead atoms. The van der Waals surface area contributed by atoms with Gasteiger partial charge in [0.2, 0.25) is 0 Å². The molecular formula is C14H23NO3. The molecule has 0 amide bonds.